The van der Waals surface area contributed by atoms with Gasteiger partial charge in [-0.3, -0.25) is 4.79 Å². The predicted molar refractivity (Wildman–Crippen MR) is 94.9 cm³/mol. The van der Waals surface area contributed by atoms with Gasteiger partial charge < -0.3 is 25.0 Å². The number of ether oxygens (including phenoxy) is 1. The van der Waals surface area contributed by atoms with Crippen molar-refractivity contribution in [1.29, 1.82) is 0 Å². The summed E-state index contributed by atoms with van der Waals surface area (Å²) in [6.45, 7) is 4.07. The van der Waals surface area contributed by atoms with Crippen LogP contribution in [-0.2, 0) is 9.53 Å². The van der Waals surface area contributed by atoms with Gasteiger partial charge in [0.2, 0.25) is 0 Å². The zero-order valence-corrected chi connectivity index (χ0v) is 15.1. The molecular formula is C18H23F2N3O4. The summed E-state index contributed by atoms with van der Waals surface area (Å²) < 4.78 is 34.1. The minimum atomic E-state index is -0.966. The maximum Gasteiger partial charge on any atom is 0.321 e. The monoisotopic (exact) mass is 383 g/mol. The minimum Gasteiger partial charge on any atom is -0.481 e. The Hall–Kier alpha value is -2.42. The third kappa shape index (κ3) is 4.47. The van der Waals surface area contributed by atoms with Crippen molar-refractivity contribution in [3.63, 3.8) is 0 Å². The number of piperidine rings is 1. The van der Waals surface area contributed by atoms with Gasteiger partial charge in [0, 0.05) is 38.3 Å². The number of nitrogens with one attached hydrogen (secondary N) is 1. The van der Waals surface area contributed by atoms with Gasteiger partial charge in [-0.2, -0.15) is 0 Å². The van der Waals surface area contributed by atoms with Crippen LogP contribution in [0.25, 0.3) is 0 Å². The molecule has 1 aromatic carbocycles. The first kappa shape index (κ1) is 19.3. The van der Waals surface area contributed by atoms with Gasteiger partial charge in [-0.25, -0.2) is 13.6 Å². The SMILES string of the molecule is CC1CC(C(=O)O)CN(C(=O)Nc2cc(F)c(N3CCOCC3)cc2F)C1. The number of anilines is 2. The lowest BCUT2D eigenvalue weighted by Gasteiger charge is -2.34. The topological polar surface area (TPSA) is 82.1 Å². The van der Waals surface area contributed by atoms with Crippen molar-refractivity contribution in [3.05, 3.63) is 23.8 Å². The van der Waals surface area contributed by atoms with Crippen LogP contribution in [0.5, 0.6) is 0 Å². The lowest BCUT2D eigenvalue weighted by atomic mass is 9.91. The van der Waals surface area contributed by atoms with Gasteiger partial charge in [0.15, 0.2) is 0 Å². The van der Waals surface area contributed by atoms with Crippen LogP contribution in [0.4, 0.5) is 25.0 Å². The van der Waals surface area contributed by atoms with Gasteiger partial charge in [0.25, 0.3) is 0 Å². The molecule has 1 aromatic rings. The highest BCUT2D eigenvalue weighted by Gasteiger charge is 2.32. The number of likely N-dealkylation sites (tertiary alicyclic amines) is 1. The van der Waals surface area contributed by atoms with E-state index in [1.165, 1.54) is 4.90 Å². The van der Waals surface area contributed by atoms with Crippen LogP contribution < -0.4 is 10.2 Å². The van der Waals surface area contributed by atoms with Crippen molar-refractivity contribution in [2.45, 2.75) is 13.3 Å². The Bertz CT molecular complexity index is 725. The van der Waals surface area contributed by atoms with Crippen molar-refractivity contribution in [1.82, 2.24) is 4.90 Å². The average molecular weight is 383 g/mol. The van der Waals surface area contributed by atoms with Gasteiger partial charge in [0.1, 0.15) is 11.6 Å². The number of hydrogen-bond acceptors (Lipinski definition) is 4. The first-order chi connectivity index (χ1) is 12.8. The van der Waals surface area contributed by atoms with E-state index in [1.54, 1.807) is 4.90 Å². The van der Waals surface area contributed by atoms with E-state index in [0.29, 0.717) is 39.3 Å². The fourth-order valence-electron chi connectivity index (χ4n) is 3.57. The second-order valence-electron chi connectivity index (χ2n) is 7.09. The zero-order valence-electron chi connectivity index (χ0n) is 15.1. The standard InChI is InChI=1S/C18H23F2N3O4/c1-11-6-12(17(24)25)10-23(9-11)18(26)21-15-7-14(20)16(8-13(15)19)22-2-4-27-5-3-22/h7-8,11-12H,2-6,9-10H2,1H3,(H,21,26)(H,24,25). The second kappa shape index (κ2) is 8.08. The van der Waals surface area contributed by atoms with Crippen molar-refractivity contribution >= 4 is 23.4 Å². The van der Waals surface area contributed by atoms with Crippen molar-refractivity contribution in [2.24, 2.45) is 11.8 Å². The minimum absolute atomic E-state index is 0.0101. The van der Waals surface area contributed by atoms with Crippen molar-refractivity contribution in [3.8, 4) is 0 Å². The van der Waals surface area contributed by atoms with E-state index in [1.807, 2.05) is 6.92 Å². The van der Waals surface area contributed by atoms with Crippen LogP contribution in [0.1, 0.15) is 13.3 Å². The number of carboxylic acids is 1. The fourth-order valence-corrected chi connectivity index (χ4v) is 3.57. The molecule has 2 N–H and O–H groups in total. The Morgan fingerprint density at radius 3 is 2.56 bits per heavy atom. The Kier molecular flexibility index (Phi) is 5.79. The average Bonchev–Trinajstić information content (AvgIpc) is 2.64. The lowest BCUT2D eigenvalue weighted by Crippen LogP contribution is -2.47. The molecule has 2 aliphatic heterocycles. The number of amides is 2. The Morgan fingerprint density at radius 1 is 1.19 bits per heavy atom. The smallest absolute Gasteiger partial charge is 0.321 e. The summed E-state index contributed by atoms with van der Waals surface area (Å²) >= 11 is 0. The molecule has 0 aromatic heterocycles. The van der Waals surface area contributed by atoms with Crippen LogP contribution in [0.15, 0.2) is 12.1 Å². The molecule has 7 nitrogen and oxygen atoms in total. The summed E-state index contributed by atoms with van der Waals surface area (Å²) in [4.78, 5) is 26.7. The van der Waals surface area contributed by atoms with Crippen LogP contribution >= 0.6 is 0 Å². The highest BCUT2D eigenvalue weighted by molar-refractivity contribution is 5.90. The van der Waals surface area contributed by atoms with Gasteiger partial charge >= 0.3 is 12.0 Å². The molecule has 2 atom stereocenters. The summed E-state index contributed by atoms with van der Waals surface area (Å²) in [6.07, 6.45) is 0.482. The number of urea groups is 1. The quantitative estimate of drug-likeness (QED) is 0.838. The summed E-state index contributed by atoms with van der Waals surface area (Å²) in [7, 11) is 0. The zero-order chi connectivity index (χ0) is 19.6. The van der Waals surface area contributed by atoms with Crippen LogP contribution in [0.2, 0.25) is 0 Å². The number of carbonyl (C=O) groups is 2. The van der Waals surface area contributed by atoms with Crippen molar-refractivity contribution in [2.75, 3.05) is 49.6 Å². The largest absolute Gasteiger partial charge is 0.481 e. The Balaban J connectivity index is 1.72. The van der Waals surface area contributed by atoms with Gasteiger partial charge in [-0.05, 0) is 12.3 Å². The van der Waals surface area contributed by atoms with E-state index in [4.69, 9.17) is 4.74 Å². The number of halogens is 2. The van der Waals surface area contributed by atoms with Gasteiger partial charge in [-0.15, -0.1) is 0 Å². The van der Waals surface area contributed by atoms with E-state index in [2.05, 4.69) is 5.32 Å². The molecule has 0 radical (unpaired) electrons. The van der Waals surface area contributed by atoms with Crippen molar-refractivity contribution < 1.29 is 28.2 Å². The Morgan fingerprint density at radius 2 is 1.89 bits per heavy atom. The van der Waals surface area contributed by atoms with E-state index < -0.39 is 29.6 Å². The predicted octanol–water partition coefficient (Wildman–Crippen LogP) is 2.38. The molecule has 2 unspecified atom stereocenters. The van der Waals surface area contributed by atoms with Gasteiger partial charge in [0.05, 0.1) is 30.5 Å². The fraction of sp³-hybridized carbons (Fsp3) is 0.556. The summed E-state index contributed by atoms with van der Waals surface area (Å²) in [5.74, 6) is -3.00. The normalized spacial score (nSPS) is 23.2. The summed E-state index contributed by atoms with van der Waals surface area (Å²) in [5.41, 5.74) is -0.133. The molecule has 2 fully saturated rings. The number of carboxylic acid groups (broad SMARTS) is 1. The van der Waals surface area contributed by atoms with Crippen LogP contribution in [-0.4, -0.2) is 61.4 Å². The number of morpholine rings is 1. The molecule has 3 rings (SSSR count). The van der Waals surface area contributed by atoms with Crippen LogP contribution in [0, 0.1) is 23.5 Å². The molecular weight excluding hydrogens is 360 g/mol. The Labute approximate surface area is 155 Å². The number of hydrogen-bond donors (Lipinski definition) is 2. The maximum atomic E-state index is 14.4. The lowest BCUT2D eigenvalue weighted by molar-refractivity contribution is -0.143. The maximum absolute atomic E-state index is 14.4. The number of benzene rings is 1. The molecule has 2 amide bonds. The van der Waals surface area contributed by atoms with E-state index in [-0.39, 0.29) is 23.8 Å². The summed E-state index contributed by atoms with van der Waals surface area (Å²) in [6, 6.07) is 1.39. The molecule has 2 aliphatic rings. The first-order valence-corrected chi connectivity index (χ1v) is 8.95. The number of rotatable bonds is 3. The van der Waals surface area contributed by atoms with E-state index in [9.17, 15) is 23.5 Å². The number of carbonyl (C=O) groups excluding carboxylic acids is 1. The first-order valence-electron chi connectivity index (χ1n) is 8.95. The molecule has 0 bridgehead atoms. The van der Waals surface area contributed by atoms with Crippen LogP contribution in [0.3, 0.4) is 0 Å². The number of aliphatic carboxylic acids is 1. The van der Waals surface area contributed by atoms with E-state index in [0.717, 1.165) is 12.1 Å². The molecule has 2 saturated heterocycles. The highest BCUT2D eigenvalue weighted by atomic mass is 19.1. The molecule has 148 valence electrons. The second-order valence-corrected chi connectivity index (χ2v) is 7.09. The molecule has 27 heavy (non-hydrogen) atoms. The third-order valence-electron chi connectivity index (χ3n) is 4.93. The molecule has 0 aliphatic carbocycles. The molecule has 0 spiro atoms. The molecule has 0 saturated carbocycles. The highest BCUT2D eigenvalue weighted by Crippen LogP contribution is 2.28. The summed E-state index contributed by atoms with van der Waals surface area (Å²) in [5, 5.41) is 11.6. The third-order valence-corrected chi connectivity index (χ3v) is 4.93. The van der Waals surface area contributed by atoms with Gasteiger partial charge in [-0.1, -0.05) is 6.92 Å². The number of nitrogens with zero attached hydrogens (tertiary/aromatic N) is 2. The molecule has 9 heteroatoms. The molecule has 2 heterocycles. The van der Waals surface area contributed by atoms with E-state index >= 15 is 0 Å².